The number of fused-ring (bicyclic) bond motifs is 1. The van der Waals surface area contributed by atoms with Crippen molar-refractivity contribution in [2.45, 2.75) is 13.8 Å². The molecule has 138 valence electrons. The lowest BCUT2D eigenvalue weighted by molar-refractivity contribution is -0.120. The highest BCUT2D eigenvalue weighted by Gasteiger charge is 2.15. The van der Waals surface area contributed by atoms with Crippen molar-refractivity contribution in [3.05, 3.63) is 41.3 Å². The van der Waals surface area contributed by atoms with Gasteiger partial charge in [0.15, 0.2) is 11.5 Å². The van der Waals surface area contributed by atoms with Gasteiger partial charge in [-0.2, -0.15) is 0 Å². The quantitative estimate of drug-likeness (QED) is 0.727. The van der Waals surface area contributed by atoms with E-state index in [4.69, 9.17) is 18.6 Å². The van der Waals surface area contributed by atoms with E-state index in [1.165, 1.54) is 0 Å². The molecule has 0 radical (unpaired) electrons. The van der Waals surface area contributed by atoms with Gasteiger partial charge in [0.1, 0.15) is 23.9 Å². The molecule has 1 aromatic carbocycles. The lowest BCUT2D eigenvalue weighted by atomic mass is 10.2. The Labute approximate surface area is 150 Å². The summed E-state index contributed by atoms with van der Waals surface area (Å²) in [6.07, 6.45) is 0. The van der Waals surface area contributed by atoms with E-state index >= 15 is 0 Å². The van der Waals surface area contributed by atoms with Crippen molar-refractivity contribution in [3.8, 4) is 17.2 Å². The molecule has 0 saturated carbocycles. The average Bonchev–Trinajstić information content (AvgIpc) is 3.21. The molecular formula is C18H20N2O6. The molecule has 0 atom stereocenters. The van der Waals surface area contributed by atoms with Gasteiger partial charge in [-0.1, -0.05) is 0 Å². The molecule has 2 heterocycles. The number of hydrogen-bond donors (Lipinski definition) is 2. The van der Waals surface area contributed by atoms with Gasteiger partial charge in [0.2, 0.25) is 12.7 Å². The molecule has 2 N–H and O–H groups in total. The second-order valence-corrected chi connectivity index (χ2v) is 5.72. The van der Waals surface area contributed by atoms with Gasteiger partial charge in [0.25, 0.3) is 5.91 Å². The number of aryl methyl sites for hydroxylation is 2. The smallest absolute Gasteiger partial charge is 0.255 e. The highest BCUT2D eigenvalue weighted by molar-refractivity contribution is 5.97. The topological polar surface area (TPSA) is 99.0 Å². The minimum atomic E-state index is -0.342. The predicted octanol–water partition coefficient (Wildman–Crippen LogP) is 1.55. The van der Waals surface area contributed by atoms with E-state index in [0.717, 1.165) is 0 Å². The molecule has 2 aromatic rings. The van der Waals surface area contributed by atoms with Gasteiger partial charge in [-0.15, -0.1) is 0 Å². The fourth-order valence-corrected chi connectivity index (χ4v) is 2.50. The second kappa shape index (κ2) is 7.81. The van der Waals surface area contributed by atoms with E-state index in [9.17, 15) is 9.59 Å². The van der Waals surface area contributed by atoms with Crippen molar-refractivity contribution >= 4 is 11.8 Å². The molecule has 1 aliphatic rings. The zero-order valence-electron chi connectivity index (χ0n) is 14.6. The standard InChI is InChI=1S/C18H20N2O6/c1-11-7-14(12(2)26-11)18(22)20-9-17(21)19-5-6-23-13-3-4-15-16(8-13)25-10-24-15/h3-4,7-8H,5-6,9-10H2,1-2H3,(H,19,21)(H,20,22). The van der Waals surface area contributed by atoms with Gasteiger partial charge in [-0.3, -0.25) is 9.59 Å². The van der Waals surface area contributed by atoms with Crippen molar-refractivity contribution in [1.82, 2.24) is 10.6 Å². The molecule has 3 rings (SSSR count). The number of hydrogen-bond acceptors (Lipinski definition) is 6. The van der Waals surface area contributed by atoms with E-state index < -0.39 is 0 Å². The van der Waals surface area contributed by atoms with Crippen LogP contribution in [-0.4, -0.2) is 38.3 Å². The Morgan fingerprint density at radius 1 is 1.12 bits per heavy atom. The zero-order chi connectivity index (χ0) is 18.5. The van der Waals surface area contributed by atoms with Crippen LogP contribution < -0.4 is 24.8 Å². The summed E-state index contributed by atoms with van der Waals surface area (Å²) >= 11 is 0. The summed E-state index contributed by atoms with van der Waals surface area (Å²) < 4.78 is 21.3. The number of benzene rings is 1. The molecule has 0 spiro atoms. The van der Waals surface area contributed by atoms with E-state index in [1.807, 2.05) is 0 Å². The summed E-state index contributed by atoms with van der Waals surface area (Å²) in [6.45, 7) is 4.16. The Morgan fingerprint density at radius 2 is 1.92 bits per heavy atom. The molecule has 0 saturated heterocycles. The summed E-state index contributed by atoms with van der Waals surface area (Å²) in [5, 5.41) is 5.23. The number of carbonyl (C=O) groups is 2. The maximum absolute atomic E-state index is 12.0. The minimum Gasteiger partial charge on any atom is -0.492 e. The first-order chi connectivity index (χ1) is 12.5. The molecular weight excluding hydrogens is 340 g/mol. The van der Waals surface area contributed by atoms with Gasteiger partial charge in [0.05, 0.1) is 18.7 Å². The van der Waals surface area contributed by atoms with Crippen LogP contribution in [0.4, 0.5) is 0 Å². The maximum atomic E-state index is 12.0. The van der Waals surface area contributed by atoms with Crippen LogP contribution >= 0.6 is 0 Å². The van der Waals surface area contributed by atoms with Crippen LogP contribution in [-0.2, 0) is 4.79 Å². The van der Waals surface area contributed by atoms with Crippen LogP contribution in [0.25, 0.3) is 0 Å². The second-order valence-electron chi connectivity index (χ2n) is 5.72. The van der Waals surface area contributed by atoms with E-state index in [1.54, 1.807) is 38.1 Å². The lowest BCUT2D eigenvalue weighted by Crippen LogP contribution is -2.38. The molecule has 1 aliphatic heterocycles. The third kappa shape index (κ3) is 4.27. The van der Waals surface area contributed by atoms with Crippen LogP contribution in [0.1, 0.15) is 21.9 Å². The SMILES string of the molecule is Cc1cc(C(=O)NCC(=O)NCCOc2ccc3c(c2)OCO3)c(C)o1. The van der Waals surface area contributed by atoms with Gasteiger partial charge in [-0.05, 0) is 32.0 Å². The largest absolute Gasteiger partial charge is 0.492 e. The Bertz CT molecular complexity index is 814. The fraction of sp³-hybridized carbons (Fsp3) is 0.333. The number of carbonyl (C=O) groups excluding carboxylic acids is 2. The Morgan fingerprint density at radius 3 is 2.69 bits per heavy atom. The number of nitrogens with one attached hydrogen (secondary N) is 2. The van der Waals surface area contributed by atoms with Gasteiger partial charge in [0, 0.05) is 6.07 Å². The summed E-state index contributed by atoms with van der Waals surface area (Å²) in [6, 6.07) is 6.91. The number of rotatable bonds is 7. The van der Waals surface area contributed by atoms with Crippen molar-refractivity contribution in [2.75, 3.05) is 26.5 Å². The molecule has 8 nitrogen and oxygen atoms in total. The monoisotopic (exact) mass is 360 g/mol. The molecule has 0 bridgehead atoms. The fourth-order valence-electron chi connectivity index (χ4n) is 2.50. The Kier molecular flexibility index (Phi) is 5.31. The van der Waals surface area contributed by atoms with E-state index in [2.05, 4.69) is 10.6 Å². The van der Waals surface area contributed by atoms with Crippen LogP contribution in [0.2, 0.25) is 0 Å². The highest BCUT2D eigenvalue weighted by Crippen LogP contribution is 2.34. The summed E-state index contributed by atoms with van der Waals surface area (Å²) in [7, 11) is 0. The molecule has 26 heavy (non-hydrogen) atoms. The maximum Gasteiger partial charge on any atom is 0.255 e. The molecule has 0 fully saturated rings. The van der Waals surface area contributed by atoms with Crippen LogP contribution in [0, 0.1) is 13.8 Å². The summed E-state index contributed by atoms with van der Waals surface area (Å²) in [5.41, 5.74) is 0.432. The first-order valence-corrected chi connectivity index (χ1v) is 8.17. The Hall–Kier alpha value is -3.16. The van der Waals surface area contributed by atoms with Crippen molar-refractivity contribution in [2.24, 2.45) is 0 Å². The first kappa shape index (κ1) is 17.7. The zero-order valence-corrected chi connectivity index (χ0v) is 14.6. The van der Waals surface area contributed by atoms with E-state index in [0.29, 0.717) is 47.5 Å². The first-order valence-electron chi connectivity index (χ1n) is 8.17. The highest BCUT2D eigenvalue weighted by atomic mass is 16.7. The van der Waals surface area contributed by atoms with Crippen LogP contribution in [0.15, 0.2) is 28.7 Å². The Balaban J connectivity index is 1.35. The normalized spacial score (nSPS) is 11.9. The third-order valence-electron chi connectivity index (χ3n) is 3.73. The number of ether oxygens (including phenoxy) is 3. The minimum absolute atomic E-state index is 0.119. The number of furan rings is 1. The molecule has 0 aliphatic carbocycles. The molecule has 2 amide bonds. The van der Waals surface area contributed by atoms with Crippen molar-refractivity contribution < 1.29 is 28.2 Å². The van der Waals surface area contributed by atoms with Crippen LogP contribution in [0.3, 0.4) is 0 Å². The number of amides is 2. The summed E-state index contributed by atoms with van der Waals surface area (Å²) in [4.78, 5) is 23.8. The van der Waals surface area contributed by atoms with Crippen molar-refractivity contribution in [3.63, 3.8) is 0 Å². The van der Waals surface area contributed by atoms with E-state index in [-0.39, 0.29) is 25.2 Å². The molecule has 1 aromatic heterocycles. The van der Waals surface area contributed by atoms with Crippen molar-refractivity contribution in [1.29, 1.82) is 0 Å². The third-order valence-corrected chi connectivity index (χ3v) is 3.73. The predicted molar refractivity (Wildman–Crippen MR) is 91.6 cm³/mol. The molecule has 8 heteroatoms. The average molecular weight is 360 g/mol. The van der Waals surface area contributed by atoms with Crippen LogP contribution in [0.5, 0.6) is 17.2 Å². The van der Waals surface area contributed by atoms with Gasteiger partial charge in [-0.25, -0.2) is 0 Å². The molecule has 0 unspecified atom stereocenters. The lowest BCUT2D eigenvalue weighted by Gasteiger charge is -2.09. The van der Waals surface area contributed by atoms with Gasteiger partial charge < -0.3 is 29.3 Å². The summed E-state index contributed by atoms with van der Waals surface area (Å²) in [5.74, 6) is 2.48. The van der Waals surface area contributed by atoms with Gasteiger partial charge >= 0.3 is 0 Å².